The molecule has 0 aliphatic heterocycles. The van der Waals surface area contributed by atoms with Crippen molar-refractivity contribution < 1.29 is 9.90 Å². The van der Waals surface area contributed by atoms with Crippen molar-refractivity contribution in [3.8, 4) is 0 Å². The summed E-state index contributed by atoms with van der Waals surface area (Å²) in [6.07, 6.45) is 3.88. The van der Waals surface area contributed by atoms with Gasteiger partial charge >= 0.3 is 5.97 Å². The Balaban J connectivity index is 2.73. The van der Waals surface area contributed by atoms with E-state index in [4.69, 9.17) is 5.11 Å². The number of hydrogen-bond acceptors (Lipinski definition) is 3. The fourth-order valence-corrected chi connectivity index (χ4v) is 1.88. The summed E-state index contributed by atoms with van der Waals surface area (Å²) in [5.41, 5.74) is 1.98. The summed E-state index contributed by atoms with van der Waals surface area (Å²) in [5.74, 6) is -0.926. The predicted octanol–water partition coefficient (Wildman–Crippen LogP) is 2.17. The maximum atomic E-state index is 10.6. The van der Waals surface area contributed by atoms with Gasteiger partial charge in [-0.1, -0.05) is 18.2 Å². The number of anilines is 1. The van der Waals surface area contributed by atoms with Gasteiger partial charge in [0.15, 0.2) is 0 Å². The van der Waals surface area contributed by atoms with E-state index in [1.165, 1.54) is 6.08 Å². The molecule has 0 saturated carbocycles. The van der Waals surface area contributed by atoms with E-state index >= 15 is 0 Å². The van der Waals surface area contributed by atoms with Gasteiger partial charge in [-0.3, -0.25) is 0 Å². The van der Waals surface area contributed by atoms with Crippen LogP contribution < -0.4 is 4.90 Å². The van der Waals surface area contributed by atoms with E-state index in [9.17, 15) is 4.79 Å². The topological polar surface area (TPSA) is 43.8 Å². The van der Waals surface area contributed by atoms with Gasteiger partial charge in [-0.05, 0) is 44.8 Å². The summed E-state index contributed by atoms with van der Waals surface area (Å²) in [6.45, 7) is 1.98. The van der Waals surface area contributed by atoms with Crippen LogP contribution in [-0.4, -0.2) is 50.2 Å². The quantitative estimate of drug-likeness (QED) is 0.765. The number of para-hydroxylation sites is 1. The molecule has 1 aromatic rings. The minimum absolute atomic E-state index is 0.926. The molecule has 4 heteroatoms. The first-order valence-corrected chi connectivity index (χ1v) is 6.36. The van der Waals surface area contributed by atoms with E-state index in [0.29, 0.717) is 0 Å². The van der Waals surface area contributed by atoms with Gasteiger partial charge in [0.25, 0.3) is 0 Å². The highest BCUT2D eigenvalue weighted by Gasteiger charge is 2.05. The lowest BCUT2D eigenvalue weighted by Gasteiger charge is -2.22. The Morgan fingerprint density at radius 2 is 1.89 bits per heavy atom. The number of rotatable bonds is 7. The van der Waals surface area contributed by atoms with E-state index in [1.54, 1.807) is 6.08 Å². The second-order valence-electron chi connectivity index (χ2n) is 4.81. The van der Waals surface area contributed by atoms with Crippen LogP contribution in [-0.2, 0) is 4.79 Å². The van der Waals surface area contributed by atoms with Crippen LogP contribution in [0.15, 0.2) is 30.3 Å². The largest absolute Gasteiger partial charge is 0.478 e. The number of aliphatic carboxylic acids is 1. The number of nitrogens with zero attached hydrogens (tertiary/aromatic N) is 2. The van der Waals surface area contributed by atoms with Gasteiger partial charge in [0, 0.05) is 25.4 Å². The fourth-order valence-electron chi connectivity index (χ4n) is 1.88. The Kier molecular flexibility index (Phi) is 6.09. The summed E-state index contributed by atoms with van der Waals surface area (Å²) in [6, 6.07) is 7.82. The Morgan fingerprint density at radius 3 is 2.53 bits per heavy atom. The molecule has 1 aromatic carbocycles. The third-order valence-electron chi connectivity index (χ3n) is 2.85. The van der Waals surface area contributed by atoms with Crippen molar-refractivity contribution in [1.29, 1.82) is 0 Å². The maximum Gasteiger partial charge on any atom is 0.328 e. The molecule has 0 radical (unpaired) electrons. The van der Waals surface area contributed by atoms with Gasteiger partial charge in [0.2, 0.25) is 0 Å². The molecule has 19 heavy (non-hydrogen) atoms. The molecule has 104 valence electrons. The standard InChI is InChI=1S/C15H22N2O2/c1-16(2)11-6-12-17(3)14-8-5-4-7-13(14)9-10-15(18)19/h4-5,7-10H,6,11-12H2,1-3H3,(H,18,19)/b10-9+. The monoisotopic (exact) mass is 262 g/mol. The van der Waals surface area contributed by atoms with E-state index in [-0.39, 0.29) is 0 Å². The molecular formula is C15H22N2O2. The van der Waals surface area contributed by atoms with Crippen LogP contribution >= 0.6 is 0 Å². The number of carboxylic acid groups (broad SMARTS) is 1. The molecule has 0 saturated heterocycles. The normalized spacial score (nSPS) is 11.2. The zero-order chi connectivity index (χ0) is 14.3. The fraction of sp³-hybridized carbons (Fsp3) is 0.400. The zero-order valence-corrected chi connectivity index (χ0v) is 11.8. The molecule has 0 aliphatic rings. The van der Waals surface area contributed by atoms with E-state index in [1.807, 2.05) is 31.3 Å². The first-order valence-electron chi connectivity index (χ1n) is 6.36. The third-order valence-corrected chi connectivity index (χ3v) is 2.85. The molecule has 0 aliphatic carbocycles. The second kappa shape index (κ2) is 7.59. The summed E-state index contributed by atoms with van der Waals surface area (Å²) in [5, 5.41) is 8.70. The van der Waals surface area contributed by atoms with Crippen LogP contribution in [0.3, 0.4) is 0 Å². The van der Waals surface area contributed by atoms with Gasteiger partial charge in [0.1, 0.15) is 0 Å². The summed E-state index contributed by atoms with van der Waals surface area (Å²) in [7, 11) is 6.15. The van der Waals surface area contributed by atoms with Crippen molar-refractivity contribution >= 4 is 17.7 Å². The number of hydrogen-bond donors (Lipinski definition) is 1. The lowest BCUT2D eigenvalue weighted by molar-refractivity contribution is -0.131. The van der Waals surface area contributed by atoms with Crippen LogP contribution in [0.4, 0.5) is 5.69 Å². The maximum absolute atomic E-state index is 10.6. The summed E-state index contributed by atoms with van der Waals surface area (Å²) < 4.78 is 0. The van der Waals surface area contributed by atoms with Gasteiger partial charge in [-0.2, -0.15) is 0 Å². The minimum Gasteiger partial charge on any atom is -0.478 e. The average molecular weight is 262 g/mol. The predicted molar refractivity (Wildman–Crippen MR) is 79.6 cm³/mol. The zero-order valence-electron chi connectivity index (χ0n) is 11.8. The van der Waals surface area contributed by atoms with Crippen LogP contribution in [0.1, 0.15) is 12.0 Å². The van der Waals surface area contributed by atoms with Crippen molar-refractivity contribution in [3.63, 3.8) is 0 Å². The van der Waals surface area contributed by atoms with Crippen molar-refractivity contribution in [2.45, 2.75) is 6.42 Å². The molecule has 1 N–H and O–H groups in total. The molecule has 0 fully saturated rings. The Labute approximate surface area is 115 Å². The lowest BCUT2D eigenvalue weighted by Crippen LogP contribution is -2.23. The smallest absolute Gasteiger partial charge is 0.328 e. The molecule has 0 aromatic heterocycles. The van der Waals surface area contributed by atoms with Crippen molar-refractivity contribution in [3.05, 3.63) is 35.9 Å². The number of benzene rings is 1. The number of carboxylic acids is 1. The molecule has 0 atom stereocenters. The van der Waals surface area contributed by atoms with Crippen LogP contribution in [0.5, 0.6) is 0 Å². The first-order chi connectivity index (χ1) is 9.00. The molecule has 4 nitrogen and oxygen atoms in total. The van der Waals surface area contributed by atoms with Crippen LogP contribution in [0.2, 0.25) is 0 Å². The van der Waals surface area contributed by atoms with Gasteiger partial charge in [-0.15, -0.1) is 0 Å². The van der Waals surface area contributed by atoms with E-state index < -0.39 is 5.97 Å². The molecule has 0 heterocycles. The highest BCUT2D eigenvalue weighted by Crippen LogP contribution is 2.20. The van der Waals surface area contributed by atoms with E-state index in [2.05, 4.69) is 23.9 Å². The molecule has 1 rings (SSSR count). The molecule has 0 unspecified atom stereocenters. The average Bonchev–Trinajstić information content (AvgIpc) is 2.36. The Bertz CT molecular complexity index is 442. The SMILES string of the molecule is CN(C)CCCN(C)c1ccccc1/C=C/C(=O)O. The highest BCUT2D eigenvalue weighted by molar-refractivity contribution is 5.86. The van der Waals surface area contributed by atoms with Crippen molar-refractivity contribution in [2.24, 2.45) is 0 Å². The highest BCUT2D eigenvalue weighted by atomic mass is 16.4. The van der Waals surface area contributed by atoms with Gasteiger partial charge in [0.05, 0.1) is 0 Å². The second-order valence-corrected chi connectivity index (χ2v) is 4.81. The van der Waals surface area contributed by atoms with E-state index in [0.717, 1.165) is 30.8 Å². The first kappa shape index (κ1) is 15.2. The van der Waals surface area contributed by atoms with Crippen LogP contribution in [0.25, 0.3) is 6.08 Å². The molecule has 0 amide bonds. The van der Waals surface area contributed by atoms with Gasteiger partial charge in [-0.25, -0.2) is 4.79 Å². The molecule has 0 bridgehead atoms. The lowest BCUT2D eigenvalue weighted by atomic mass is 10.1. The summed E-state index contributed by atoms with van der Waals surface area (Å²) >= 11 is 0. The van der Waals surface area contributed by atoms with Crippen LogP contribution in [0, 0.1) is 0 Å². The molecular weight excluding hydrogens is 240 g/mol. The van der Waals surface area contributed by atoms with Crippen molar-refractivity contribution in [2.75, 3.05) is 39.1 Å². The van der Waals surface area contributed by atoms with Gasteiger partial charge < -0.3 is 14.9 Å². The Hall–Kier alpha value is -1.81. The Morgan fingerprint density at radius 1 is 1.21 bits per heavy atom. The van der Waals surface area contributed by atoms with Crippen molar-refractivity contribution in [1.82, 2.24) is 4.90 Å². The molecule has 0 spiro atoms. The minimum atomic E-state index is -0.926. The number of carbonyl (C=O) groups is 1. The third kappa shape index (κ3) is 5.57. The summed E-state index contributed by atoms with van der Waals surface area (Å²) in [4.78, 5) is 14.9.